The Kier molecular flexibility index (Phi) is 12.0. The van der Waals surface area contributed by atoms with Crippen molar-refractivity contribution in [2.24, 2.45) is 0 Å². The summed E-state index contributed by atoms with van der Waals surface area (Å²) >= 11 is 0. The molecular formula is C55H58FIrN3O-2. The second kappa shape index (κ2) is 17.8. The predicted octanol–water partition coefficient (Wildman–Crippen LogP) is 15.6. The molecule has 6 heteroatoms. The van der Waals surface area contributed by atoms with Crippen LogP contribution in [-0.4, -0.2) is 15.0 Å². The molecule has 0 unspecified atom stereocenters. The van der Waals surface area contributed by atoms with Gasteiger partial charge in [0.05, 0.1) is 5.58 Å². The van der Waals surface area contributed by atoms with Crippen LogP contribution in [0, 0.1) is 24.8 Å². The molecule has 0 aliphatic carbocycles. The van der Waals surface area contributed by atoms with Crippen LogP contribution >= 0.6 is 0 Å². The van der Waals surface area contributed by atoms with Crippen LogP contribution in [0.3, 0.4) is 0 Å². The van der Waals surface area contributed by atoms with Gasteiger partial charge in [0, 0.05) is 58.1 Å². The number of benzene rings is 5. The average Bonchev–Trinajstić information content (AvgIpc) is 3.62. The van der Waals surface area contributed by atoms with E-state index in [0.717, 1.165) is 38.7 Å². The molecule has 0 aliphatic heterocycles. The monoisotopic (exact) mass is 991 g/mol. The molecule has 61 heavy (non-hydrogen) atoms. The normalized spacial score (nSPS) is 13.0. The van der Waals surface area contributed by atoms with E-state index in [-0.39, 0.29) is 42.3 Å². The van der Waals surface area contributed by atoms with Crippen molar-refractivity contribution in [2.75, 3.05) is 0 Å². The number of fused-ring (bicyclic) bond motifs is 5. The maximum atomic E-state index is 12.8. The SMILES string of the molecule is CC(C)(C)c1ccnc(-c2[c-]cc(F)cc2)c1.[2H]C([2H])([2H])c1c[c-]c(-c2cc(C(C)(C)C)ncn2)c2oc3c4cc(-c5c(C(C)C)cc(C(C)C)cc5C(C)C)ccc4ccc3c12.[Ir]. The van der Waals surface area contributed by atoms with Gasteiger partial charge in [0.2, 0.25) is 0 Å². The Morgan fingerprint density at radius 1 is 0.672 bits per heavy atom. The number of hydrogen-bond donors (Lipinski definition) is 0. The van der Waals surface area contributed by atoms with Gasteiger partial charge in [-0.15, -0.1) is 47.5 Å². The summed E-state index contributed by atoms with van der Waals surface area (Å²) in [7, 11) is 0. The third-order valence-corrected chi connectivity index (χ3v) is 11.3. The summed E-state index contributed by atoms with van der Waals surface area (Å²) in [5.74, 6) is 0.841. The van der Waals surface area contributed by atoms with Crippen LogP contribution in [-0.2, 0) is 30.9 Å². The second-order valence-electron chi connectivity index (χ2n) is 18.9. The van der Waals surface area contributed by atoms with Crippen molar-refractivity contribution in [3.63, 3.8) is 0 Å². The molecule has 3 heterocycles. The third kappa shape index (κ3) is 9.42. The zero-order chi connectivity index (χ0) is 45.8. The molecule has 8 aromatic rings. The summed E-state index contributed by atoms with van der Waals surface area (Å²) in [4.78, 5) is 13.4. The minimum absolute atomic E-state index is 0. The summed E-state index contributed by atoms with van der Waals surface area (Å²) < 4.78 is 44.8. The molecule has 0 fully saturated rings. The molecule has 4 nitrogen and oxygen atoms in total. The second-order valence-corrected chi connectivity index (χ2v) is 18.9. The standard InChI is InChI=1S/C40H43N2O.C15H15FN.Ir/c1-22(2)28-18-31(23(3)4)37(32(19-28)24(5)6)27-13-12-26-14-16-30-36-25(7)11-15-29(39(36)43-38(30)33(26)17-27)34-20-35(40(8,9)10)42-21-41-34;1-15(2,3)12-8-9-17-14(10-12)11-4-6-13(16)7-5-11;/h11-14,16-24H,1-10H3;4,6-10H,1-3H3;/q2*-1;/i7D3;;. The first-order valence-electron chi connectivity index (χ1n) is 22.5. The van der Waals surface area contributed by atoms with Crippen LogP contribution in [0.25, 0.3) is 66.4 Å². The summed E-state index contributed by atoms with van der Waals surface area (Å²) in [5.41, 5.74) is 12.7. The van der Waals surface area contributed by atoms with E-state index >= 15 is 0 Å². The number of rotatable bonds is 6. The van der Waals surface area contributed by atoms with Crippen molar-refractivity contribution in [3.8, 4) is 33.6 Å². The molecular weight excluding hydrogens is 930 g/mol. The van der Waals surface area contributed by atoms with Crippen molar-refractivity contribution < 1.29 is 33.0 Å². The van der Waals surface area contributed by atoms with Gasteiger partial charge < -0.3 is 9.40 Å². The van der Waals surface area contributed by atoms with E-state index in [4.69, 9.17) is 8.53 Å². The number of nitrogens with zero attached hydrogens (tertiary/aromatic N) is 3. The first-order chi connectivity index (χ1) is 29.5. The van der Waals surface area contributed by atoms with Gasteiger partial charge in [-0.25, -0.2) is 4.98 Å². The van der Waals surface area contributed by atoms with Crippen LogP contribution in [0.2, 0.25) is 0 Å². The molecule has 0 saturated carbocycles. The van der Waals surface area contributed by atoms with E-state index in [1.54, 1.807) is 24.7 Å². The molecule has 0 spiro atoms. The quantitative estimate of drug-likeness (QED) is 0.156. The van der Waals surface area contributed by atoms with Crippen molar-refractivity contribution in [1.82, 2.24) is 15.0 Å². The Bertz CT molecular complexity index is 2930. The maximum absolute atomic E-state index is 12.8. The first-order valence-corrected chi connectivity index (χ1v) is 21.0. The van der Waals surface area contributed by atoms with Gasteiger partial charge in [-0.2, -0.15) is 0 Å². The fourth-order valence-electron chi connectivity index (χ4n) is 7.75. The zero-order valence-corrected chi connectivity index (χ0v) is 39.8. The van der Waals surface area contributed by atoms with E-state index in [1.807, 2.05) is 24.3 Å². The minimum Gasteiger partial charge on any atom is -0.500 e. The van der Waals surface area contributed by atoms with Crippen LogP contribution in [0.15, 0.2) is 102 Å². The van der Waals surface area contributed by atoms with Gasteiger partial charge in [0.1, 0.15) is 11.9 Å². The van der Waals surface area contributed by atoms with E-state index < -0.39 is 6.85 Å². The van der Waals surface area contributed by atoms with Crippen LogP contribution in [0.1, 0.15) is 138 Å². The fourth-order valence-corrected chi connectivity index (χ4v) is 7.75. The number of aromatic nitrogens is 3. The molecule has 8 rings (SSSR count). The Labute approximate surface area is 380 Å². The summed E-state index contributed by atoms with van der Waals surface area (Å²) in [6.45, 7) is 24.0. The summed E-state index contributed by atoms with van der Waals surface area (Å²) in [6.07, 6.45) is 3.34. The van der Waals surface area contributed by atoms with Gasteiger partial charge in [0.25, 0.3) is 0 Å². The Balaban J connectivity index is 0.000000317. The van der Waals surface area contributed by atoms with Crippen LogP contribution in [0.5, 0.6) is 0 Å². The van der Waals surface area contributed by atoms with Crippen molar-refractivity contribution in [2.45, 2.75) is 119 Å². The van der Waals surface area contributed by atoms with E-state index in [9.17, 15) is 4.39 Å². The molecule has 0 amide bonds. The fraction of sp³-hybridized carbons (Fsp3) is 0.327. The number of furan rings is 1. The van der Waals surface area contributed by atoms with Gasteiger partial charge in [-0.1, -0.05) is 149 Å². The van der Waals surface area contributed by atoms with E-state index in [2.05, 4.69) is 147 Å². The maximum Gasteiger partial charge on any atom is 0.128 e. The molecule has 0 atom stereocenters. The summed E-state index contributed by atoms with van der Waals surface area (Å²) in [5, 5.41) is 3.34. The van der Waals surface area contributed by atoms with Crippen LogP contribution in [0.4, 0.5) is 4.39 Å². The molecule has 0 aliphatic rings. The number of pyridine rings is 1. The van der Waals surface area contributed by atoms with Gasteiger partial charge in [-0.05, 0) is 85.5 Å². The Morgan fingerprint density at radius 3 is 1.98 bits per heavy atom. The van der Waals surface area contributed by atoms with Crippen molar-refractivity contribution >= 4 is 32.7 Å². The zero-order valence-electron chi connectivity index (χ0n) is 40.4. The van der Waals surface area contributed by atoms with Gasteiger partial charge in [-0.3, -0.25) is 9.37 Å². The summed E-state index contributed by atoms with van der Waals surface area (Å²) in [6, 6.07) is 33.5. The van der Waals surface area contributed by atoms with E-state index in [1.165, 1.54) is 39.9 Å². The van der Waals surface area contributed by atoms with Crippen molar-refractivity contribution in [3.05, 3.63) is 149 Å². The topological polar surface area (TPSA) is 51.8 Å². The molecule has 3 aromatic heterocycles. The molecule has 5 aromatic carbocycles. The predicted molar refractivity (Wildman–Crippen MR) is 249 cm³/mol. The Morgan fingerprint density at radius 2 is 1.38 bits per heavy atom. The van der Waals surface area contributed by atoms with Gasteiger partial charge in [0.15, 0.2) is 0 Å². The molecule has 0 saturated heterocycles. The third-order valence-electron chi connectivity index (χ3n) is 11.3. The van der Waals surface area contributed by atoms with Crippen LogP contribution < -0.4 is 0 Å². The molecule has 0 bridgehead atoms. The number of hydrogen-bond acceptors (Lipinski definition) is 4. The smallest absolute Gasteiger partial charge is 0.128 e. The minimum atomic E-state index is -2.35. The first kappa shape index (κ1) is 41.3. The Hall–Kier alpha value is -5.03. The molecule has 0 N–H and O–H groups in total. The number of halogens is 1. The molecule has 317 valence electrons. The van der Waals surface area contributed by atoms with Crippen molar-refractivity contribution in [1.29, 1.82) is 0 Å². The largest absolute Gasteiger partial charge is 0.500 e. The number of aryl methyl sites for hydroxylation is 1. The molecule has 1 radical (unpaired) electrons. The average molecular weight is 991 g/mol. The van der Waals surface area contributed by atoms with Gasteiger partial charge >= 0.3 is 0 Å². The van der Waals surface area contributed by atoms with E-state index in [0.29, 0.717) is 45.6 Å².